The van der Waals surface area contributed by atoms with E-state index in [1.54, 1.807) is 0 Å². The number of ketones is 1. The second-order valence-electron chi connectivity index (χ2n) is 4.80. The molecule has 1 heterocycles. The van der Waals surface area contributed by atoms with Gasteiger partial charge in [-0.2, -0.15) is 0 Å². The maximum Gasteiger partial charge on any atom is 0.305 e. The molecule has 0 aromatic heterocycles. The Kier molecular flexibility index (Phi) is 5.61. The molecule has 124 valence electrons. The van der Waals surface area contributed by atoms with Crippen molar-refractivity contribution in [1.29, 1.82) is 0 Å². The topological polar surface area (TPSA) is 125 Å². The van der Waals surface area contributed by atoms with Crippen LogP contribution in [0, 0.1) is 0 Å². The fourth-order valence-electron chi connectivity index (χ4n) is 2.18. The van der Waals surface area contributed by atoms with Crippen molar-refractivity contribution in [1.82, 2.24) is 0 Å². The van der Waals surface area contributed by atoms with E-state index in [9.17, 15) is 24.3 Å². The van der Waals surface area contributed by atoms with Crippen LogP contribution < -0.4 is 0 Å². The van der Waals surface area contributed by atoms with Crippen LogP contribution in [0.2, 0.25) is 0 Å². The zero-order valence-electron chi connectivity index (χ0n) is 12.7. The molecule has 0 bridgehead atoms. The van der Waals surface area contributed by atoms with Gasteiger partial charge < -0.3 is 24.1 Å². The van der Waals surface area contributed by atoms with Crippen LogP contribution in [0.15, 0.2) is 0 Å². The fourth-order valence-corrected chi connectivity index (χ4v) is 2.18. The smallest absolute Gasteiger partial charge is 0.305 e. The van der Waals surface area contributed by atoms with Gasteiger partial charge in [0, 0.05) is 20.8 Å². The molecule has 0 aliphatic carbocycles. The predicted molar refractivity (Wildman–Crippen MR) is 68.2 cm³/mol. The first kappa shape index (κ1) is 18.1. The number of carbonyl (C=O) groups excluding carboxylic acids is 4. The van der Waals surface area contributed by atoms with Crippen molar-refractivity contribution in [3.05, 3.63) is 0 Å². The number of esters is 3. The average Bonchev–Trinajstić information content (AvgIpc) is 2.63. The van der Waals surface area contributed by atoms with E-state index >= 15 is 0 Å². The first-order chi connectivity index (χ1) is 10.1. The van der Waals surface area contributed by atoms with Crippen LogP contribution in [-0.2, 0) is 38.1 Å². The quantitative estimate of drug-likeness (QED) is 0.506. The molecule has 1 N–H and O–H groups in total. The lowest BCUT2D eigenvalue weighted by molar-refractivity contribution is -0.208. The van der Waals surface area contributed by atoms with Crippen molar-refractivity contribution in [3.8, 4) is 0 Å². The summed E-state index contributed by atoms with van der Waals surface area (Å²) in [7, 11) is 0. The van der Waals surface area contributed by atoms with Crippen LogP contribution >= 0.6 is 0 Å². The van der Waals surface area contributed by atoms with E-state index < -0.39 is 54.4 Å². The second kappa shape index (κ2) is 6.84. The van der Waals surface area contributed by atoms with E-state index in [1.807, 2.05) is 0 Å². The molecule has 22 heavy (non-hydrogen) atoms. The summed E-state index contributed by atoms with van der Waals surface area (Å²) >= 11 is 0. The van der Waals surface area contributed by atoms with E-state index in [0.29, 0.717) is 0 Å². The van der Waals surface area contributed by atoms with E-state index in [2.05, 4.69) is 0 Å². The van der Waals surface area contributed by atoms with E-state index in [-0.39, 0.29) is 0 Å². The molecule has 9 nitrogen and oxygen atoms in total. The highest BCUT2D eigenvalue weighted by molar-refractivity contribution is 5.87. The molecule has 0 unspecified atom stereocenters. The summed E-state index contributed by atoms with van der Waals surface area (Å²) in [5, 5.41) is 9.56. The Morgan fingerprint density at radius 1 is 0.955 bits per heavy atom. The highest BCUT2D eigenvalue weighted by Crippen LogP contribution is 2.37. The SMILES string of the molecule is CC(=O)O[C@H]1O[C@@](CO)(C(C)=O)[C@@H](OC(C)=O)[C@H]1OC(C)=O. The number of hydrogen-bond donors (Lipinski definition) is 1. The molecular weight excluding hydrogens is 300 g/mol. The minimum absolute atomic E-state index is 0.673. The standard InChI is InChI=1S/C13H18O9/c1-6(15)13(5-14)11(20-8(3)17)10(19-7(2)16)12(22-13)21-9(4)18/h10-12,14H,5H2,1-4H3/t10-,11+,12+,13+/m1/s1. The van der Waals surface area contributed by atoms with Gasteiger partial charge in [-0.1, -0.05) is 0 Å². The summed E-state index contributed by atoms with van der Waals surface area (Å²) in [4.78, 5) is 45.5. The first-order valence-electron chi connectivity index (χ1n) is 6.45. The van der Waals surface area contributed by atoms with Crippen molar-refractivity contribution in [2.24, 2.45) is 0 Å². The van der Waals surface area contributed by atoms with Gasteiger partial charge in [0.1, 0.15) is 0 Å². The Morgan fingerprint density at radius 3 is 1.82 bits per heavy atom. The largest absolute Gasteiger partial charge is 0.455 e. The predicted octanol–water partition coefficient (Wildman–Crippen LogP) is -0.911. The monoisotopic (exact) mass is 318 g/mol. The molecule has 0 radical (unpaired) electrons. The number of rotatable bonds is 5. The van der Waals surface area contributed by atoms with Crippen LogP contribution in [0.4, 0.5) is 0 Å². The van der Waals surface area contributed by atoms with Crippen molar-refractivity contribution < 1.29 is 43.2 Å². The van der Waals surface area contributed by atoms with Crippen LogP contribution in [0.5, 0.6) is 0 Å². The van der Waals surface area contributed by atoms with Gasteiger partial charge in [0.15, 0.2) is 17.5 Å². The Balaban J connectivity index is 3.27. The molecule has 1 fully saturated rings. The van der Waals surface area contributed by atoms with E-state index in [4.69, 9.17) is 18.9 Å². The average molecular weight is 318 g/mol. The van der Waals surface area contributed by atoms with Gasteiger partial charge in [-0.05, 0) is 6.92 Å². The number of Topliss-reactive ketones (excluding diaryl/α,β-unsaturated/α-hetero) is 1. The number of ether oxygens (including phenoxy) is 4. The molecule has 0 saturated carbocycles. The zero-order chi connectivity index (χ0) is 17.1. The second-order valence-corrected chi connectivity index (χ2v) is 4.80. The Labute approximate surface area is 126 Å². The van der Waals surface area contributed by atoms with Crippen LogP contribution in [0.25, 0.3) is 0 Å². The lowest BCUT2D eigenvalue weighted by atomic mass is 9.92. The Bertz CT molecular complexity index is 486. The van der Waals surface area contributed by atoms with Gasteiger partial charge in [-0.3, -0.25) is 19.2 Å². The van der Waals surface area contributed by atoms with Crippen molar-refractivity contribution in [3.63, 3.8) is 0 Å². The number of hydrogen-bond acceptors (Lipinski definition) is 9. The van der Waals surface area contributed by atoms with Gasteiger partial charge in [-0.15, -0.1) is 0 Å². The van der Waals surface area contributed by atoms with Crippen LogP contribution in [0.1, 0.15) is 27.7 Å². The van der Waals surface area contributed by atoms with Crippen LogP contribution in [-0.4, -0.2) is 59.5 Å². The lowest BCUT2D eigenvalue weighted by Crippen LogP contribution is -2.54. The molecule has 1 rings (SSSR count). The minimum Gasteiger partial charge on any atom is -0.455 e. The summed E-state index contributed by atoms with van der Waals surface area (Å²) in [5.41, 5.74) is -1.98. The van der Waals surface area contributed by atoms with E-state index in [0.717, 1.165) is 27.7 Å². The van der Waals surface area contributed by atoms with Crippen LogP contribution in [0.3, 0.4) is 0 Å². The third-order valence-corrected chi connectivity index (χ3v) is 3.06. The molecule has 9 heteroatoms. The summed E-state index contributed by atoms with van der Waals surface area (Å²) in [5.74, 6) is -2.98. The normalized spacial score (nSPS) is 30.5. The van der Waals surface area contributed by atoms with Crippen molar-refractivity contribution in [2.75, 3.05) is 6.61 Å². The number of aliphatic hydroxyl groups excluding tert-OH is 1. The minimum atomic E-state index is -1.98. The molecule has 1 saturated heterocycles. The Morgan fingerprint density at radius 2 is 1.45 bits per heavy atom. The Hall–Kier alpha value is -2.00. The molecule has 0 spiro atoms. The molecule has 4 atom stereocenters. The first-order valence-corrected chi connectivity index (χ1v) is 6.45. The molecular formula is C13H18O9. The summed E-state index contributed by atoms with van der Waals surface area (Å²) in [6.45, 7) is 3.50. The number of aliphatic hydroxyl groups is 1. The molecule has 1 aliphatic heterocycles. The third kappa shape index (κ3) is 3.60. The molecule has 1 aliphatic rings. The summed E-state index contributed by atoms with van der Waals surface area (Å²) < 4.78 is 20.1. The van der Waals surface area contributed by atoms with E-state index in [1.165, 1.54) is 0 Å². The van der Waals surface area contributed by atoms with Gasteiger partial charge in [0.25, 0.3) is 0 Å². The van der Waals surface area contributed by atoms with Crippen molar-refractivity contribution in [2.45, 2.75) is 51.8 Å². The third-order valence-electron chi connectivity index (χ3n) is 3.06. The fraction of sp³-hybridized carbons (Fsp3) is 0.692. The van der Waals surface area contributed by atoms with Gasteiger partial charge in [-0.25, -0.2) is 0 Å². The lowest BCUT2D eigenvalue weighted by Gasteiger charge is -2.29. The maximum absolute atomic E-state index is 11.9. The van der Waals surface area contributed by atoms with Crippen molar-refractivity contribution >= 4 is 23.7 Å². The molecule has 0 aromatic carbocycles. The summed E-state index contributed by atoms with van der Waals surface area (Å²) in [6.07, 6.45) is -4.30. The maximum atomic E-state index is 11.9. The van der Waals surface area contributed by atoms with Gasteiger partial charge in [0.05, 0.1) is 6.61 Å². The summed E-state index contributed by atoms with van der Waals surface area (Å²) in [6, 6.07) is 0. The molecule has 0 amide bonds. The van der Waals surface area contributed by atoms with Gasteiger partial charge >= 0.3 is 17.9 Å². The number of carbonyl (C=O) groups is 4. The molecule has 0 aromatic rings. The highest BCUT2D eigenvalue weighted by atomic mass is 16.8. The zero-order valence-corrected chi connectivity index (χ0v) is 12.7. The highest BCUT2D eigenvalue weighted by Gasteiger charge is 2.63. The van der Waals surface area contributed by atoms with Gasteiger partial charge in [0.2, 0.25) is 12.4 Å².